The molecule has 82 valence electrons. The second kappa shape index (κ2) is 4.50. The highest BCUT2D eigenvalue weighted by Gasteiger charge is 2.03. The topological polar surface area (TPSA) is 20.2 Å². The normalized spacial score (nSPS) is 10.4. The molecular formula is C15H16O. The van der Waals surface area contributed by atoms with E-state index in [1.807, 2.05) is 19.1 Å². The highest BCUT2D eigenvalue weighted by atomic mass is 16.3. The fraction of sp³-hybridized carbons (Fsp3) is 0.200. The number of aliphatic hydroxyl groups excluding tert-OH is 1. The summed E-state index contributed by atoms with van der Waals surface area (Å²) in [5.74, 6) is 0. The molecule has 2 aromatic carbocycles. The van der Waals surface area contributed by atoms with E-state index in [-0.39, 0.29) is 6.61 Å². The van der Waals surface area contributed by atoms with Crippen LogP contribution in [0, 0.1) is 13.8 Å². The van der Waals surface area contributed by atoms with Gasteiger partial charge in [-0.2, -0.15) is 0 Å². The molecule has 1 heteroatoms. The van der Waals surface area contributed by atoms with Gasteiger partial charge in [-0.3, -0.25) is 0 Å². The zero-order chi connectivity index (χ0) is 11.5. The minimum atomic E-state index is 0.103. The third-order valence-electron chi connectivity index (χ3n) is 2.98. The first kappa shape index (κ1) is 10.9. The van der Waals surface area contributed by atoms with Gasteiger partial charge in [0.2, 0.25) is 0 Å². The maximum atomic E-state index is 9.26. The molecule has 0 fully saturated rings. The van der Waals surface area contributed by atoms with Crippen molar-refractivity contribution in [3.8, 4) is 11.1 Å². The quantitative estimate of drug-likeness (QED) is 0.808. The largest absolute Gasteiger partial charge is 0.392 e. The van der Waals surface area contributed by atoms with Gasteiger partial charge in [0.25, 0.3) is 0 Å². The highest BCUT2D eigenvalue weighted by molar-refractivity contribution is 5.68. The van der Waals surface area contributed by atoms with Crippen LogP contribution in [-0.4, -0.2) is 5.11 Å². The van der Waals surface area contributed by atoms with Crippen molar-refractivity contribution in [2.75, 3.05) is 0 Å². The van der Waals surface area contributed by atoms with Crippen molar-refractivity contribution in [2.24, 2.45) is 0 Å². The fourth-order valence-electron chi connectivity index (χ4n) is 1.91. The molecule has 2 aromatic rings. The summed E-state index contributed by atoms with van der Waals surface area (Å²) in [6.07, 6.45) is 0. The first-order valence-corrected chi connectivity index (χ1v) is 5.49. The van der Waals surface area contributed by atoms with Gasteiger partial charge in [0.15, 0.2) is 0 Å². The lowest BCUT2D eigenvalue weighted by atomic mass is 9.97. The standard InChI is InChI=1S/C15H16O/c1-11-7-8-13(9-14(11)10-16)15-6-4-3-5-12(15)2/h3-9,16H,10H2,1-2H3. The maximum Gasteiger partial charge on any atom is 0.0684 e. The van der Waals surface area contributed by atoms with Gasteiger partial charge in [-0.25, -0.2) is 0 Å². The summed E-state index contributed by atoms with van der Waals surface area (Å²) < 4.78 is 0. The Labute approximate surface area is 96.4 Å². The van der Waals surface area contributed by atoms with E-state index >= 15 is 0 Å². The first-order chi connectivity index (χ1) is 7.72. The van der Waals surface area contributed by atoms with Crippen LogP contribution in [-0.2, 0) is 6.61 Å². The summed E-state index contributed by atoms with van der Waals surface area (Å²) >= 11 is 0. The van der Waals surface area contributed by atoms with E-state index in [1.165, 1.54) is 16.7 Å². The average molecular weight is 212 g/mol. The Morgan fingerprint density at radius 2 is 1.69 bits per heavy atom. The Hall–Kier alpha value is -1.60. The maximum absolute atomic E-state index is 9.26. The lowest BCUT2D eigenvalue weighted by Gasteiger charge is -2.09. The van der Waals surface area contributed by atoms with E-state index in [2.05, 4.69) is 37.3 Å². The predicted molar refractivity (Wildman–Crippen MR) is 67.3 cm³/mol. The zero-order valence-corrected chi connectivity index (χ0v) is 9.70. The number of aliphatic hydroxyl groups is 1. The second-order valence-electron chi connectivity index (χ2n) is 4.11. The van der Waals surface area contributed by atoms with Crippen molar-refractivity contribution in [3.05, 3.63) is 59.2 Å². The van der Waals surface area contributed by atoms with Crippen LogP contribution in [0.1, 0.15) is 16.7 Å². The predicted octanol–water partition coefficient (Wildman–Crippen LogP) is 3.46. The van der Waals surface area contributed by atoms with Gasteiger partial charge in [0.1, 0.15) is 0 Å². The van der Waals surface area contributed by atoms with Gasteiger partial charge >= 0.3 is 0 Å². The van der Waals surface area contributed by atoms with E-state index in [9.17, 15) is 5.11 Å². The van der Waals surface area contributed by atoms with Gasteiger partial charge in [-0.15, -0.1) is 0 Å². The van der Waals surface area contributed by atoms with Gasteiger partial charge < -0.3 is 5.11 Å². The van der Waals surface area contributed by atoms with Crippen molar-refractivity contribution >= 4 is 0 Å². The van der Waals surface area contributed by atoms with Crippen molar-refractivity contribution in [1.29, 1.82) is 0 Å². The summed E-state index contributed by atoms with van der Waals surface area (Å²) in [7, 11) is 0. The van der Waals surface area contributed by atoms with Crippen molar-refractivity contribution < 1.29 is 5.11 Å². The van der Waals surface area contributed by atoms with Gasteiger partial charge in [-0.05, 0) is 47.7 Å². The SMILES string of the molecule is Cc1ccc(-c2ccccc2C)cc1CO. The summed E-state index contributed by atoms with van der Waals surface area (Å²) in [4.78, 5) is 0. The Morgan fingerprint density at radius 3 is 2.38 bits per heavy atom. The summed E-state index contributed by atoms with van der Waals surface area (Å²) in [6, 6.07) is 14.5. The van der Waals surface area contributed by atoms with Crippen LogP contribution in [0.3, 0.4) is 0 Å². The lowest BCUT2D eigenvalue weighted by molar-refractivity contribution is 0.281. The van der Waals surface area contributed by atoms with Crippen molar-refractivity contribution in [1.82, 2.24) is 0 Å². The molecule has 0 amide bonds. The third kappa shape index (κ3) is 2.00. The second-order valence-corrected chi connectivity index (χ2v) is 4.11. The van der Waals surface area contributed by atoms with Crippen LogP contribution >= 0.6 is 0 Å². The molecule has 0 aromatic heterocycles. The highest BCUT2D eigenvalue weighted by Crippen LogP contribution is 2.25. The molecule has 0 heterocycles. The summed E-state index contributed by atoms with van der Waals surface area (Å²) in [6.45, 7) is 4.23. The molecule has 0 aliphatic rings. The van der Waals surface area contributed by atoms with Crippen LogP contribution in [0.4, 0.5) is 0 Å². The Balaban J connectivity index is 2.53. The summed E-state index contributed by atoms with van der Waals surface area (Å²) in [5.41, 5.74) is 5.81. The van der Waals surface area contributed by atoms with Crippen LogP contribution in [0.15, 0.2) is 42.5 Å². The molecule has 16 heavy (non-hydrogen) atoms. The molecule has 0 spiro atoms. The lowest BCUT2D eigenvalue weighted by Crippen LogP contribution is -1.90. The van der Waals surface area contributed by atoms with Gasteiger partial charge in [0.05, 0.1) is 6.61 Å². The molecule has 0 saturated heterocycles. The van der Waals surface area contributed by atoms with E-state index in [0.29, 0.717) is 0 Å². The Bertz CT molecular complexity index is 501. The number of aryl methyl sites for hydroxylation is 2. The number of benzene rings is 2. The Morgan fingerprint density at radius 1 is 0.938 bits per heavy atom. The molecule has 0 aliphatic carbocycles. The van der Waals surface area contributed by atoms with E-state index in [0.717, 1.165) is 11.1 Å². The van der Waals surface area contributed by atoms with E-state index in [4.69, 9.17) is 0 Å². The monoisotopic (exact) mass is 212 g/mol. The van der Waals surface area contributed by atoms with Crippen LogP contribution in [0.25, 0.3) is 11.1 Å². The molecule has 0 aliphatic heterocycles. The van der Waals surface area contributed by atoms with Crippen LogP contribution < -0.4 is 0 Å². The molecular weight excluding hydrogens is 196 g/mol. The first-order valence-electron chi connectivity index (χ1n) is 5.49. The van der Waals surface area contributed by atoms with Crippen molar-refractivity contribution in [2.45, 2.75) is 20.5 Å². The minimum absolute atomic E-state index is 0.103. The molecule has 0 unspecified atom stereocenters. The molecule has 0 bridgehead atoms. The van der Waals surface area contributed by atoms with E-state index < -0.39 is 0 Å². The number of hydrogen-bond donors (Lipinski definition) is 1. The zero-order valence-electron chi connectivity index (χ0n) is 9.70. The van der Waals surface area contributed by atoms with E-state index in [1.54, 1.807) is 0 Å². The number of rotatable bonds is 2. The molecule has 1 N–H and O–H groups in total. The molecule has 0 atom stereocenters. The summed E-state index contributed by atoms with van der Waals surface area (Å²) in [5, 5.41) is 9.26. The minimum Gasteiger partial charge on any atom is -0.392 e. The van der Waals surface area contributed by atoms with Crippen LogP contribution in [0.5, 0.6) is 0 Å². The van der Waals surface area contributed by atoms with Crippen molar-refractivity contribution in [3.63, 3.8) is 0 Å². The number of hydrogen-bond acceptors (Lipinski definition) is 1. The fourth-order valence-corrected chi connectivity index (χ4v) is 1.91. The average Bonchev–Trinajstić information content (AvgIpc) is 2.31. The van der Waals surface area contributed by atoms with Crippen LogP contribution in [0.2, 0.25) is 0 Å². The Kier molecular flexibility index (Phi) is 3.07. The van der Waals surface area contributed by atoms with Gasteiger partial charge in [-0.1, -0.05) is 36.4 Å². The third-order valence-corrected chi connectivity index (χ3v) is 2.98. The molecule has 1 nitrogen and oxygen atoms in total. The smallest absolute Gasteiger partial charge is 0.0684 e. The van der Waals surface area contributed by atoms with Gasteiger partial charge in [0, 0.05) is 0 Å². The molecule has 0 radical (unpaired) electrons. The molecule has 2 rings (SSSR count). The molecule has 0 saturated carbocycles.